The van der Waals surface area contributed by atoms with Crippen molar-refractivity contribution < 1.29 is 23.0 Å². The van der Waals surface area contributed by atoms with Crippen LogP contribution in [0.1, 0.15) is 44.1 Å². The lowest BCUT2D eigenvalue weighted by molar-refractivity contribution is 0.00330. The van der Waals surface area contributed by atoms with E-state index in [1.54, 1.807) is 6.07 Å². The van der Waals surface area contributed by atoms with Crippen LogP contribution in [0.25, 0.3) is 32.1 Å². The Morgan fingerprint density at radius 3 is 2.65 bits per heavy atom. The molecule has 2 aromatic carbocycles. The Bertz CT molecular complexity index is 1960. The first-order valence-corrected chi connectivity index (χ1v) is 17.6. The highest BCUT2D eigenvalue weighted by atomic mass is 35.5. The summed E-state index contributed by atoms with van der Waals surface area (Å²) in [4.78, 5) is 13.6. The Labute approximate surface area is 284 Å². The van der Waals surface area contributed by atoms with Crippen LogP contribution < -0.4 is 20.7 Å². The minimum atomic E-state index is -0.970. The van der Waals surface area contributed by atoms with Gasteiger partial charge in [-0.1, -0.05) is 24.1 Å². The van der Waals surface area contributed by atoms with E-state index < -0.39 is 17.8 Å². The van der Waals surface area contributed by atoms with Gasteiger partial charge in [-0.15, -0.1) is 11.3 Å². The highest BCUT2D eigenvalue weighted by molar-refractivity contribution is 7.23. The molecule has 3 aliphatic heterocycles. The topological polar surface area (TPSA) is 124 Å². The number of alkyl halides is 1. The summed E-state index contributed by atoms with van der Waals surface area (Å²) in [6, 6.07) is 6.65. The van der Waals surface area contributed by atoms with E-state index in [4.69, 9.17) is 27.1 Å². The molecule has 0 radical (unpaired) electrons. The summed E-state index contributed by atoms with van der Waals surface area (Å²) < 4.78 is 52.6. The molecule has 9 nitrogen and oxygen atoms in total. The molecule has 0 spiro atoms. The predicted molar refractivity (Wildman–Crippen MR) is 180 cm³/mol. The summed E-state index contributed by atoms with van der Waals surface area (Å²) in [5, 5.41) is 24.2. The van der Waals surface area contributed by atoms with Gasteiger partial charge in [-0.3, -0.25) is 4.90 Å². The van der Waals surface area contributed by atoms with E-state index in [1.165, 1.54) is 12.1 Å². The number of aliphatic hydroxyl groups excluding tert-OH is 1. The molecule has 3 saturated heterocycles. The molecule has 8 rings (SSSR count). The number of nitriles is 1. The van der Waals surface area contributed by atoms with Crippen LogP contribution in [0.2, 0.25) is 5.02 Å². The van der Waals surface area contributed by atoms with Gasteiger partial charge in [-0.2, -0.15) is 15.2 Å². The third-order valence-corrected chi connectivity index (χ3v) is 12.0. The van der Waals surface area contributed by atoms with Crippen LogP contribution in [-0.2, 0) is 0 Å². The number of aliphatic hydroxyl groups is 1. The van der Waals surface area contributed by atoms with E-state index in [2.05, 4.69) is 15.2 Å². The number of thiophene rings is 1. The number of nitrogens with zero attached hydrogens (tertiary/aromatic N) is 5. The van der Waals surface area contributed by atoms with Crippen molar-refractivity contribution in [1.29, 1.82) is 5.26 Å². The van der Waals surface area contributed by atoms with Crippen LogP contribution in [-0.4, -0.2) is 83.7 Å². The summed E-state index contributed by atoms with van der Waals surface area (Å²) >= 11 is 7.79. The number of piperazine rings is 1. The summed E-state index contributed by atoms with van der Waals surface area (Å²) in [6.45, 7) is 2.38. The maximum absolute atomic E-state index is 17.0. The molecule has 14 heteroatoms. The second-order valence-electron chi connectivity index (χ2n) is 13.8. The van der Waals surface area contributed by atoms with Gasteiger partial charge in [-0.25, -0.2) is 13.2 Å². The first-order chi connectivity index (χ1) is 23.2. The van der Waals surface area contributed by atoms with Crippen molar-refractivity contribution in [1.82, 2.24) is 20.2 Å². The standard InChI is InChI=1S/C34H35ClF3N7O2S/c35-24-9-22-29(28(38)27(24)21-4-5-25(37)30-26(21)23(10-39)31(40)48-30)42-33(43-32(22)44-12-18-2-3-19(13-44)41-18)47-16-34(6-1-7-34)15-45-11-17(36)8-20(45)14-46/h4-5,9,17-20,41,46H,1-3,6-8,11-16,40H2/t17-,18?,19?,20+/m1/s1. The van der Waals surface area contributed by atoms with Gasteiger partial charge in [0.25, 0.3) is 0 Å². The van der Waals surface area contributed by atoms with Gasteiger partial charge in [0.1, 0.15) is 34.4 Å². The smallest absolute Gasteiger partial charge is 0.319 e. The Morgan fingerprint density at radius 1 is 1.19 bits per heavy atom. The van der Waals surface area contributed by atoms with Gasteiger partial charge in [-0.05, 0) is 49.8 Å². The quantitative estimate of drug-likeness (QED) is 0.210. The van der Waals surface area contributed by atoms with Crippen LogP contribution in [0, 0.1) is 28.4 Å². The van der Waals surface area contributed by atoms with Crippen LogP contribution >= 0.6 is 22.9 Å². The van der Waals surface area contributed by atoms with E-state index in [0.717, 1.165) is 43.4 Å². The lowest BCUT2D eigenvalue weighted by Gasteiger charge is -2.44. The van der Waals surface area contributed by atoms with E-state index >= 15 is 4.39 Å². The minimum Gasteiger partial charge on any atom is -0.463 e. The molecule has 48 heavy (non-hydrogen) atoms. The Hall–Kier alpha value is -3.41. The number of nitrogens with two attached hydrogens (primary N) is 1. The van der Waals surface area contributed by atoms with Crippen LogP contribution in [0.4, 0.5) is 24.0 Å². The molecule has 4 N–H and O–H groups in total. The summed E-state index contributed by atoms with van der Waals surface area (Å²) in [5.41, 5.74) is 6.11. The number of fused-ring (bicyclic) bond motifs is 4. The van der Waals surface area contributed by atoms with Gasteiger partial charge in [0, 0.05) is 66.1 Å². The van der Waals surface area contributed by atoms with Gasteiger partial charge in [0.15, 0.2) is 5.82 Å². The minimum absolute atomic E-state index is 0.00211. The Kier molecular flexibility index (Phi) is 8.07. The second kappa shape index (κ2) is 12.2. The predicted octanol–water partition coefficient (Wildman–Crippen LogP) is 5.79. The fourth-order valence-electron chi connectivity index (χ4n) is 8.17. The number of nitrogens with one attached hydrogen (secondary N) is 1. The molecule has 4 aliphatic rings. The van der Waals surface area contributed by atoms with E-state index in [0.29, 0.717) is 37.3 Å². The highest BCUT2D eigenvalue weighted by Gasteiger charge is 2.44. The molecule has 0 amide bonds. The van der Waals surface area contributed by atoms with Crippen molar-refractivity contribution in [3.63, 3.8) is 0 Å². The number of hydrogen-bond donors (Lipinski definition) is 3. The number of anilines is 2. The monoisotopic (exact) mass is 697 g/mol. The molecular weight excluding hydrogens is 663 g/mol. The Morgan fingerprint density at radius 2 is 1.96 bits per heavy atom. The Balaban J connectivity index is 1.22. The number of benzene rings is 2. The number of nitrogen functional groups attached to an aromatic ring is 1. The van der Waals surface area contributed by atoms with E-state index in [1.807, 2.05) is 11.0 Å². The van der Waals surface area contributed by atoms with Gasteiger partial charge < -0.3 is 25.8 Å². The molecule has 4 atom stereocenters. The number of halogens is 4. The summed E-state index contributed by atoms with van der Waals surface area (Å²) in [5.74, 6) is -0.782. The molecule has 5 heterocycles. The lowest BCUT2D eigenvalue weighted by atomic mass is 9.69. The van der Waals surface area contributed by atoms with E-state index in [9.17, 15) is 19.1 Å². The van der Waals surface area contributed by atoms with Crippen LogP contribution in [0.15, 0.2) is 18.2 Å². The summed E-state index contributed by atoms with van der Waals surface area (Å²) in [7, 11) is 0. The number of ether oxygens (including phenoxy) is 1. The first kappa shape index (κ1) is 31.8. The van der Waals surface area contributed by atoms with Crippen molar-refractivity contribution in [2.45, 2.75) is 62.8 Å². The molecule has 1 aliphatic carbocycles. The average Bonchev–Trinajstić information content (AvgIpc) is 3.71. The molecule has 4 fully saturated rings. The summed E-state index contributed by atoms with van der Waals surface area (Å²) in [6.07, 6.45) is 4.17. The molecule has 4 aromatic rings. The van der Waals surface area contributed by atoms with Crippen molar-refractivity contribution in [2.24, 2.45) is 5.41 Å². The number of hydrogen-bond acceptors (Lipinski definition) is 10. The van der Waals surface area contributed by atoms with Crippen molar-refractivity contribution in [3.8, 4) is 23.2 Å². The average molecular weight is 698 g/mol. The molecule has 2 aromatic heterocycles. The zero-order valence-electron chi connectivity index (χ0n) is 26.1. The fourth-order valence-corrected chi connectivity index (χ4v) is 9.41. The largest absolute Gasteiger partial charge is 0.463 e. The molecule has 1 saturated carbocycles. The van der Waals surface area contributed by atoms with Gasteiger partial charge in [0.05, 0.1) is 28.5 Å². The zero-order valence-corrected chi connectivity index (χ0v) is 27.7. The lowest BCUT2D eigenvalue weighted by Crippen LogP contribution is -2.51. The molecule has 252 valence electrons. The molecular formula is C34H35ClF3N7O2S. The van der Waals surface area contributed by atoms with Crippen molar-refractivity contribution in [3.05, 3.63) is 40.4 Å². The zero-order chi connectivity index (χ0) is 33.3. The van der Waals surface area contributed by atoms with Gasteiger partial charge in [0.2, 0.25) is 0 Å². The highest BCUT2D eigenvalue weighted by Crippen LogP contribution is 2.47. The van der Waals surface area contributed by atoms with E-state index in [-0.39, 0.29) is 91.6 Å². The normalized spacial score (nSPS) is 25.1. The van der Waals surface area contributed by atoms with Crippen LogP contribution in [0.5, 0.6) is 6.01 Å². The molecule has 2 bridgehead atoms. The van der Waals surface area contributed by atoms with Crippen molar-refractivity contribution >= 4 is 54.7 Å². The molecule has 2 unspecified atom stereocenters. The van der Waals surface area contributed by atoms with Crippen LogP contribution in [0.3, 0.4) is 0 Å². The second-order valence-corrected chi connectivity index (χ2v) is 15.3. The first-order valence-electron chi connectivity index (χ1n) is 16.4. The maximum atomic E-state index is 17.0. The number of rotatable bonds is 8. The maximum Gasteiger partial charge on any atom is 0.319 e. The SMILES string of the molecule is N#Cc1c(N)sc2c(F)ccc(-c3c(Cl)cc4c(N5CC6CCC(C5)N6)nc(OCC5(CN6C[C@H](F)C[C@H]6CO)CCC5)nc4c3F)c12. The third-order valence-electron chi connectivity index (χ3n) is 10.7. The number of aromatic nitrogens is 2. The number of likely N-dealkylation sites (tertiary alicyclic amines) is 1. The van der Waals surface area contributed by atoms with Crippen molar-refractivity contribution in [2.75, 3.05) is 50.0 Å². The fraction of sp³-hybridized carbons (Fsp3) is 0.500. The third kappa shape index (κ3) is 5.33. The van der Waals surface area contributed by atoms with Gasteiger partial charge >= 0.3 is 6.01 Å².